The van der Waals surface area contributed by atoms with E-state index >= 15 is 0 Å². The van der Waals surface area contributed by atoms with Crippen LogP contribution in [0.2, 0.25) is 0 Å². The molecule has 1 N–H and O–H groups in total. The molecule has 1 aromatic carbocycles. The molecule has 0 spiro atoms. The summed E-state index contributed by atoms with van der Waals surface area (Å²) in [5, 5.41) is 11.9. The zero-order valence-corrected chi connectivity index (χ0v) is 11.1. The fourth-order valence-corrected chi connectivity index (χ4v) is 2.56. The molecule has 1 heterocycles. The van der Waals surface area contributed by atoms with Gasteiger partial charge in [0.05, 0.1) is 22.1 Å². The highest BCUT2D eigenvalue weighted by atomic mass is 32.2. The standard InChI is InChI=1S/C12H8F3NO4S/c13-12(14,15)7-2-1-3-9(4-7)21(19)6-8-5-10(11(17)18)16-20-8/h1-5H,6H2,(H,17,18). The van der Waals surface area contributed by atoms with E-state index in [0.717, 1.165) is 24.3 Å². The average molecular weight is 319 g/mol. The lowest BCUT2D eigenvalue weighted by Crippen LogP contribution is -2.06. The maximum Gasteiger partial charge on any atom is 0.416 e. The third kappa shape index (κ3) is 3.69. The molecule has 0 aliphatic rings. The van der Waals surface area contributed by atoms with E-state index in [1.165, 1.54) is 6.07 Å². The first-order chi connectivity index (χ1) is 9.77. The Hall–Kier alpha value is -2.16. The first kappa shape index (κ1) is 15.2. The highest BCUT2D eigenvalue weighted by Gasteiger charge is 2.30. The number of aromatic nitrogens is 1. The van der Waals surface area contributed by atoms with Crippen LogP contribution in [0, 0.1) is 0 Å². The Morgan fingerprint density at radius 1 is 1.33 bits per heavy atom. The molecule has 0 aliphatic heterocycles. The number of rotatable bonds is 4. The topological polar surface area (TPSA) is 80.4 Å². The molecule has 0 saturated carbocycles. The van der Waals surface area contributed by atoms with Gasteiger partial charge in [-0.3, -0.25) is 4.21 Å². The summed E-state index contributed by atoms with van der Waals surface area (Å²) in [6.07, 6.45) is -4.52. The minimum atomic E-state index is -4.52. The Labute approximate surface area is 118 Å². The largest absolute Gasteiger partial charge is 0.476 e. The molecule has 0 saturated heterocycles. The Balaban J connectivity index is 2.18. The van der Waals surface area contributed by atoms with Crippen LogP contribution in [0.3, 0.4) is 0 Å². The third-order valence-electron chi connectivity index (χ3n) is 2.48. The SMILES string of the molecule is O=C(O)c1cc(CS(=O)c2cccc(C(F)(F)F)c2)on1. The van der Waals surface area contributed by atoms with Gasteiger partial charge in [0.15, 0.2) is 5.69 Å². The molecule has 2 aromatic rings. The Morgan fingerprint density at radius 3 is 2.62 bits per heavy atom. The molecule has 21 heavy (non-hydrogen) atoms. The van der Waals surface area contributed by atoms with Crippen LogP contribution in [0.5, 0.6) is 0 Å². The number of alkyl halides is 3. The van der Waals surface area contributed by atoms with Gasteiger partial charge in [0, 0.05) is 11.0 Å². The van der Waals surface area contributed by atoms with Gasteiger partial charge in [-0.2, -0.15) is 13.2 Å². The minimum Gasteiger partial charge on any atom is -0.476 e. The number of aromatic carboxylic acids is 1. The summed E-state index contributed by atoms with van der Waals surface area (Å²) in [5.74, 6) is -1.56. The highest BCUT2D eigenvalue weighted by Crippen LogP contribution is 2.30. The molecule has 0 radical (unpaired) electrons. The average Bonchev–Trinajstić information content (AvgIpc) is 2.86. The zero-order valence-electron chi connectivity index (χ0n) is 10.3. The number of hydrogen-bond acceptors (Lipinski definition) is 4. The molecule has 0 fully saturated rings. The van der Waals surface area contributed by atoms with Crippen molar-refractivity contribution in [2.24, 2.45) is 0 Å². The summed E-state index contributed by atoms with van der Waals surface area (Å²) in [7, 11) is -1.81. The van der Waals surface area contributed by atoms with Crippen LogP contribution in [0.4, 0.5) is 13.2 Å². The second-order valence-corrected chi connectivity index (χ2v) is 5.45. The van der Waals surface area contributed by atoms with E-state index in [-0.39, 0.29) is 22.1 Å². The monoisotopic (exact) mass is 319 g/mol. The molecule has 1 unspecified atom stereocenters. The van der Waals surface area contributed by atoms with Gasteiger partial charge >= 0.3 is 12.1 Å². The lowest BCUT2D eigenvalue weighted by molar-refractivity contribution is -0.137. The van der Waals surface area contributed by atoms with Gasteiger partial charge in [-0.25, -0.2) is 4.79 Å². The van der Waals surface area contributed by atoms with Crippen LogP contribution in [-0.4, -0.2) is 20.4 Å². The summed E-state index contributed by atoms with van der Waals surface area (Å²) in [6, 6.07) is 5.18. The number of carboxylic acid groups (broad SMARTS) is 1. The smallest absolute Gasteiger partial charge is 0.416 e. The van der Waals surface area contributed by atoms with E-state index in [9.17, 15) is 22.2 Å². The van der Waals surface area contributed by atoms with Gasteiger partial charge in [-0.1, -0.05) is 11.2 Å². The van der Waals surface area contributed by atoms with E-state index < -0.39 is 28.5 Å². The second kappa shape index (κ2) is 5.68. The van der Waals surface area contributed by atoms with Crippen molar-refractivity contribution in [1.82, 2.24) is 5.16 Å². The van der Waals surface area contributed by atoms with Crippen molar-refractivity contribution < 1.29 is 31.8 Å². The van der Waals surface area contributed by atoms with Crippen molar-refractivity contribution in [3.8, 4) is 0 Å². The van der Waals surface area contributed by atoms with Crippen molar-refractivity contribution in [2.45, 2.75) is 16.8 Å². The summed E-state index contributed by atoms with van der Waals surface area (Å²) in [4.78, 5) is 10.6. The number of hydrogen-bond donors (Lipinski definition) is 1. The summed E-state index contributed by atoms with van der Waals surface area (Å²) < 4.78 is 54.3. The van der Waals surface area contributed by atoms with Gasteiger partial charge < -0.3 is 9.63 Å². The van der Waals surface area contributed by atoms with Crippen LogP contribution < -0.4 is 0 Å². The molecular formula is C12H8F3NO4S. The lowest BCUT2D eigenvalue weighted by atomic mass is 10.2. The van der Waals surface area contributed by atoms with Crippen molar-refractivity contribution in [3.05, 3.63) is 47.3 Å². The Bertz CT molecular complexity index is 696. The van der Waals surface area contributed by atoms with Crippen molar-refractivity contribution in [2.75, 3.05) is 0 Å². The first-order valence-electron chi connectivity index (χ1n) is 5.52. The maximum atomic E-state index is 12.6. The molecule has 5 nitrogen and oxygen atoms in total. The molecular weight excluding hydrogens is 311 g/mol. The molecule has 0 aliphatic carbocycles. The number of carbonyl (C=O) groups is 1. The van der Waals surface area contributed by atoms with Gasteiger partial charge in [0.25, 0.3) is 0 Å². The molecule has 9 heteroatoms. The summed E-state index contributed by atoms with van der Waals surface area (Å²) in [5.41, 5.74) is -1.26. The van der Waals surface area contributed by atoms with Crippen LogP contribution in [-0.2, 0) is 22.7 Å². The fraction of sp³-hybridized carbons (Fsp3) is 0.167. The normalized spacial score (nSPS) is 13.1. The van der Waals surface area contributed by atoms with E-state index in [2.05, 4.69) is 9.68 Å². The molecule has 0 bridgehead atoms. The molecule has 1 atom stereocenters. The first-order valence-corrected chi connectivity index (χ1v) is 6.84. The number of carboxylic acids is 1. The van der Waals surface area contributed by atoms with Crippen LogP contribution >= 0.6 is 0 Å². The lowest BCUT2D eigenvalue weighted by Gasteiger charge is -2.07. The van der Waals surface area contributed by atoms with Crippen molar-refractivity contribution in [3.63, 3.8) is 0 Å². The maximum absolute atomic E-state index is 12.6. The van der Waals surface area contributed by atoms with E-state index in [4.69, 9.17) is 5.11 Å². The second-order valence-electron chi connectivity index (χ2n) is 4.00. The predicted molar refractivity (Wildman–Crippen MR) is 65.0 cm³/mol. The van der Waals surface area contributed by atoms with Crippen LogP contribution in [0.15, 0.2) is 39.8 Å². The number of nitrogens with zero attached hydrogens (tertiary/aromatic N) is 1. The van der Waals surface area contributed by atoms with Gasteiger partial charge in [-0.15, -0.1) is 0 Å². The number of benzene rings is 1. The number of halogens is 3. The van der Waals surface area contributed by atoms with Crippen molar-refractivity contribution in [1.29, 1.82) is 0 Å². The van der Waals surface area contributed by atoms with E-state index in [1.54, 1.807) is 0 Å². The predicted octanol–water partition coefficient (Wildman–Crippen LogP) is 2.70. The fourth-order valence-electron chi connectivity index (χ4n) is 1.51. The summed E-state index contributed by atoms with van der Waals surface area (Å²) >= 11 is 0. The third-order valence-corrected chi connectivity index (χ3v) is 3.80. The minimum absolute atomic E-state index is 0.0168. The molecule has 112 valence electrons. The highest BCUT2D eigenvalue weighted by molar-refractivity contribution is 7.84. The Morgan fingerprint density at radius 2 is 2.05 bits per heavy atom. The van der Waals surface area contributed by atoms with Crippen molar-refractivity contribution >= 4 is 16.8 Å². The molecule has 2 rings (SSSR count). The van der Waals surface area contributed by atoms with Crippen LogP contribution in [0.25, 0.3) is 0 Å². The van der Waals surface area contributed by atoms with Gasteiger partial charge in [-0.05, 0) is 18.2 Å². The molecule has 1 aromatic heterocycles. The van der Waals surface area contributed by atoms with Gasteiger partial charge in [0.2, 0.25) is 0 Å². The van der Waals surface area contributed by atoms with Gasteiger partial charge in [0.1, 0.15) is 5.76 Å². The Kier molecular flexibility index (Phi) is 4.12. The van der Waals surface area contributed by atoms with E-state index in [0.29, 0.717) is 0 Å². The molecule has 0 amide bonds. The summed E-state index contributed by atoms with van der Waals surface area (Å²) in [6.45, 7) is 0. The van der Waals surface area contributed by atoms with Crippen LogP contribution in [0.1, 0.15) is 21.8 Å². The van der Waals surface area contributed by atoms with E-state index in [1.807, 2.05) is 0 Å². The zero-order chi connectivity index (χ0) is 15.6. The quantitative estimate of drug-likeness (QED) is 0.937.